The maximum Gasteiger partial charge on any atom is 0.238 e. The van der Waals surface area contributed by atoms with Crippen LogP contribution in [0.4, 0.5) is 0 Å². The molecule has 1 aromatic rings. The zero-order valence-electron chi connectivity index (χ0n) is 12.9. The maximum absolute atomic E-state index is 12.0. The fraction of sp³-hybridized carbons (Fsp3) is 0.714. The van der Waals surface area contributed by atoms with Crippen LogP contribution < -0.4 is 10.6 Å². The van der Waals surface area contributed by atoms with Gasteiger partial charge in [-0.3, -0.25) is 14.4 Å². The van der Waals surface area contributed by atoms with E-state index in [4.69, 9.17) is 0 Å². The zero-order chi connectivity index (χ0) is 15.4. The van der Waals surface area contributed by atoms with E-state index in [1.807, 2.05) is 4.68 Å². The second kappa shape index (κ2) is 7.38. The van der Waals surface area contributed by atoms with Crippen LogP contribution >= 0.6 is 15.9 Å². The van der Waals surface area contributed by atoms with Crippen molar-refractivity contribution in [2.75, 3.05) is 26.7 Å². The second-order valence-electron chi connectivity index (χ2n) is 5.18. The summed E-state index contributed by atoms with van der Waals surface area (Å²) >= 11 is 3.68. The van der Waals surface area contributed by atoms with Gasteiger partial charge in [-0.05, 0) is 29.3 Å². The van der Waals surface area contributed by atoms with Gasteiger partial charge in [0.2, 0.25) is 5.91 Å². The van der Waals surface area contributed by atoms with E-state index >= 15 is 0 Å². The van der Waals surface area contributed by atoms with Gasteiger partial charge in [0.15, 0.2) is 0 Å². The smallest absolute Gasteiger partial charge is 0.238 e. The lowest BCUT2D eigenvalue weighted by molar-refractivity contribution is -0.126. The molecule has 0 aliphatic carbocycles. The van der Waals surface area contributed by atoms with Crippen LogP contribution in [0.3, 0.4) is 0 Å². The Morgan fingerprint density at radius 1 is 1.52 bits per heavy atom. The van der Waals surface area contributed by atoms with Gasteiger partial charge in [-0.2, -0.15) is 5.10 Å². The number of carbonyl (C=O) groups is 1. The number of carbonyl (C=O) groups excluding carboxylic acids is 1. The van der Waals surface area contributed by atoms with Crippen LogP contribution in [0, 0.1) is 0 Å². The summed E-state index contributed by atoms with van der Waals surface area (Å²) in [5.74, 6) is 0.0663. The number of aromatic nitrogens is 2. The molecule has 1 fully saturated rings. The van der Waals surface area contributed by atoms with E-state index in [1.54, 1.807) is 7.05 Å². The van der Waals surface area contributed by atoms with Crippen LogP contribution in [0.1, 0.15) is 25.2 Å². The molecule has 1 atom stereocenters. The number of rotatable bonds is 5. The summed E-state index contributed by atoms with van der Waals surface area (Å²) in [4.78, 5) is 14.3. The molecular weight excluding hydrogens is 334 g/mol. The minimum absolute atomic E-state index is 0.0663. The average molecular weight is 358 g/mol. The standard InChI is InChI=1S/C14H24BrN5O/c1-4-10-13(15)12(20(5-2)18-10)9-19-7-6-17-8-11(19)14(21)16-3/h11,17H,4-9H2,1-3H3,(H,16,21). The average Bonchev–Trinajstić information content (AvgIpc) is 2.83. The molecule has 1 unspecified atom stereocenters. The maximum atomic E-state index is 12.0. The molecule has 2 heterocycles. The van der Waals surface area contributed by atoms with Crippen LogP contribution in [0.2, 0.25) is 0 Å². The number of halogens is 1. The summed E-state index contributed by atoms with van der Waals surface area (Å²) < 4.78 is 3.12. The Balaban J connectivity index is 2.22. The van der Waals surface area contributed by atoms with Crippen LogP contribution in [-0.2, 0) is 24.3 Å². The van der Waals surface area contributed by atoms with Gasteiger partial charge >= 0.3 is 0 Å². The van der Waals surface area contributed by atoms with Crippen molar-refractivity contribution in [3.8, 4) is 0 Å². The topological polar surface area (TPSA) is 62.2 Å². The van der Waals surface area contributed by atoms with E-state index in [-0.39, 0.29) is 11.9 Å². The van der Waals surface area contributed by atoms with Gasteiger partial charge < -0.3 is 10.6 Å². The van der Waals surface area contributed by atoms with Gasteiger partial charge in [0, 0.05) is 39.8 Å². The Kier molecular flexibility index (Phi) is 5.78. The van der Waals surface area contributed by atoms with E-state index in [1.165, 1.54) is 0 Å². The molecule has 2 N–H and O–H groups in total. The van der Waals surface area contributed by atoms with Crippen LogP contribution in [-0.4, -0.2) is 53.3 Å². The van der Waals surface area contributed by atoms with E-state index in [0.29, 0.717) is 6.54 Å². The lowest BCUT2D eigenvalue weighted by Crippen LogP contribution is -2.57. The Bertz CT molecular complexity index is 502. The number of likely N-dealkylation sites (N-methyl/N-ethyl adjacent to an activating group) is 1. The highest BCUT2D eigenvalue weighted by Crippen LogP contribution is 2.24. The number of piperazine rings is 1. The highest BCUT2D eigenvalue weighted by molar-refractivity contribution is 9.10. The Labute approximate surface area is 134 Å². The molecule has 0 radical (unpaired) electrons. The molecule has 0 aromatic carbocycles. The lowest BCUT2D eigenvalue weighted by Gasteiger charge is -2.34. The SMILES string of the molecule is CCc1nn(CC)c(CN2CCNCC2C(=O)NC)c1Br. The van der Waals surface area contributed by atoms with Crippen molar-refractivity contribution in [1.82, 2.24) is 25.3 Å². The van der Waals surface area contributed by atoms with E-state index in [2.05, 4.69) is 50.4 Å². The fourth-order valence-corrected chi connectivity index (χ4v) is 3.41. The third-order valence-corrected chi connectivity index (χ3v) is 4.87. The van der Waals surface area contributed by atoms with Gasteiger partial charge in [-0.1, -0.05) is 6.92 Å². The highest BCUT2D eigenvalue weighted by atomic mass is 79.9. The first-order valence-electron chi connectivity index (χ1n) is 7.52. The predicted molar refractivity (Wildman–Crippen MR) is 86.1 cm³/mol. The molecule has 6 nitrogen and oxygen atoms in total. The normalized spacial score (nSPS) is 19.7. The van der Waals surface area contributed by atoms with E-state index < -0.39 is 0 Å². The quantitative estimate of drug-likeness (QED) is 0.816. The van der Waals surface area contributed by atoms with Gasteiger partial charge in [-0.25, -0.2) is 0 Å². The molecule has 118 valence electrons. The molecule has 1 saturated heterocycles. The van der Waals surface area contributed by atoms with Crippen molar-refractivity contribution < 1.29 is 4.79 Å². The number of hydrogen-bond donors (Lipinski definition) is 2. The summed E-state index contributed by atoms with van der Waals surface area (Å²) in [6, 6.07) is -0.124. The Morgan fingerprint density at radius 2 is 2.29 bits per heavy atom. The minimum atomic E-state index is -0.124. The summed E-state index contributed by atoms with van der Waals surface area (Å²) in [7, 11) is 1.69. The summed E-state index contributed by atoms with van der Waals surface area (Å²) in [6.45, 7) is 8.24. The highest BCUT2D eigenvalue weighted by Gasteiger charge is 2.29. The Hall–Kier alpha value is -0.920. The minimum Gasteiger partial charge on any atom is -0.358 e. The number of nitrogens with one attached hydrogen (secondary N) is 2. The molecule has 7 heteroatoms. The number of amides is 1. The van der Waals surface area contributed by atoms with E-state index in [9.17, 15) is 4.79 Å². The molecule has 1 aliphatic rings. The number of hydrogen-bond acceptors (Lipinski definition) is 4. The third-order valence-electron chi connectivity index (χ3n) is 3.95. The summed E-state index contributed by atoms with van der Waals surface area (Å²) in [5, 5.41) is 10.7. The van der Waals surface area contributed by atoms with Crippen molar-refractivity contribution in [1.29, 1.82) is 0 Å². The number of nitrogens with zero attached hydrogens (tertiary/aromatic N) is 3. The molecular formula is C14H24BrN5O. The largest absolute Gasteiger partial charge is 0.358 e. The fourth-order valence-electron chi connectivity index (χ4n) is 2.72. The van der Waals surface area contributed by atoms with Crippen LogP contribution in [0.15, 0.2) is 4.47 Å². The monoisotopic (exact) mass is 357 g/mol. The number of aryl methyl sites for hydroxylation is 2. The van der Waals surface area contributed by atoms with Crippen molar-refractivity contribution in [2.24, 2.45) is 0 Å². The van der Waals surface area contributed by atoms with Gasteiger partial charge in [-0.15, -0.1) is 0 Å². The molecule has 1 amide bonds. The molecule has 2 rings (SSSR count). The van der Waals surface area contributed by atoms with Crippen LogP contribution in [0.5, 0.6) is 0 Å². The first kappa shape index (κ1) is 16.5. The van der Waals surface area contributed by atoms with Gasteiger partial charge in [0.25, 0.3) is 0 Å². The van der Waals surface area contributed by atoms with Gasteiger partial charge in [0.1, 0.15) is 6.04 Å². The molecule has 1 aromatic heterocycles. The summed E-state index contributed by atoms with van der Waals surface area (Å²) in [5.41, 5.74) is 2.24. The molecule has 21 heavy (non-hydrogen) atoms. The molecule has 0 bridgehead atoms. The zero-order valence-corrected chi connectivity index (χ0v) is 14.5. The molecule has 0 spiro atoms. The van der Waals surface area contributed by atoms with E-state index in [0.717, 1.165) is 48.5 Å². The summed E-state index contributed by atoms with van der Waals surface area (Å²) in [6.07, 6.45) is 0.904. The molecule has 0 saturated carbocycles. The van der Waals surface area contributed by atoms with Crippen molar-refractivity contribution >= 4 is 21.8 Å². The Morgan fingerprint density at radius 3 is 2.90 bits per heavy atom. The second-order valence-corrected chi connectivity index (χ2v) is 5.97. The van der Waals surface area contributed by atoms with Gasteiger partial charge in [0.05, 0.1) is 15.9 Å². The lowest BCUT2D eigenvalue weighted by atomic mass is 10.1. The first-order chi connectivity index (χ1) is 10.1. The van der Waals surface area contributed by atoms with Crippen LogP contribution in [0.25, 0.3) is 0 Å². The first-order valence-corrected chi connectivity index (χ1v) is 8.32. The van der Waals surface area contributed by atoms with Crippen molar-refractivity contribution in [3.05, 3.63) is 15.9 Å². The van der Waals surface area contributed by atoms with Crippen molar-refractivity contribution in [3.63, 3.8) is 0 Å². The van der Waals surface area contributed by atoms with Crippen molar-refractivity contribution in [2.45, 2.75) is 39.4 Å². The molecule has 1 aliphatic heterocycles. The predicted octanol–water partition coefficient (Wildman–Crippen LogP) is 0.748. The third kappa shape index (κ3) is 3.46.